The van der Waals surface area contributed by atoms with E-state index in [0.717, 1.165) is 0 Å². The summed E-state index contributed by atoms with van der Waals surface area (Å²) in [5.74, 6) is 0.0580. The van der Waals surface area contributed by atoms with E-state index in [1.807, 2.05) is 0 Å². The zero-order valence-corrected chi connectivity index (χ0v) is 11.7. The highest BCUT2D eigenvalue weighted by Crippen LogP contribution is 2.27. The van der Waals surface area contributed by atoms with Crippen molar-refractivity contribution in [3.8, 4) is 5.75 Å². The molecule has 0 atom stereocenters. The molecule has 0 aromatic heterocycles. The molecule has 1 amide bonds. The van der Waals surface area contributed by atoms with E-state index in [1.54, 1.807) is 26.0 Å². The van der Waals surface area contributed by atoms with E-state index in [0.29, 0.717) is 15.8 Å². The average molecular weight is 292 g/mol. The van der Waals surface area contributed by atoms with Gasteiger partial charge in [0.1, 0.15) is 5.75 Å². The highest BCUT2D eigenvalue weighted by molar-refractivity contribution is 6.35. The first-order chi connectivity index (χ1) is 8.28. The Morgan fingerprint density at radius 2 is 2.11 bits per heavy atom. The van der Waals surface area contributed by atoms with Crippen LogP contribution in [0.2, 0.25) is 10.0 Å². The fourth-order valence-corrected chi connectivity index (χ4v) is 1.56. The molecule has 0 spiro atoms. The molecule has 0 aliphatic carbocycles. The Morgan fingerprint density at radius 3 is 2.67 bits per heavy atom. The average Bonchev–Trinajstić information content (AvgIpc) is 2.24. The first kappa shape index (κ1) is 15.1. The van der Waals surface area contributed by atoms with Crippen molar-refractivity contribution in [1.29, 1.82) is 0 Å². The van der Waals surface area contributed by atoms with Gasteiger partial charge in [-0.2, -0.15) is 0 Å². The fourth-order valence-electron chi connectivity index (χ4n) is 1.10. The normalized spacial score (nSPS) is 11.2. The molecule has 1 rings (SSSR count). The first-order valence-electron chi connectivity index (χ1n) is 5.35. The summed E-state index contributed by atoms with van der Waals surface area (Å²) in [4.78, 5) is 11.4. The van der Waals surface area contributed by atoms with Crippen molar-refractivity contribution in [3.05, 3.63) is 28.2 Å². The van der Waals surface area contributed by atoms with Crippen LogP contribution in [-0.2, 0) is 4.79 Å². The SMILES string of the molecule is CC(C)(O)CNC(=O)COc1ccc(Cl)cc1Cl. The lowest BCUT2D eigenvalue weighted by Crippen LogP contribution is -2.40. The third-order valence-corrected chi connectivity index (χ3v) is 2.50. The van der Waals surface area contributed by atoms with Crippen LogP contribution in [0.15, 0.2) is 18.2 Å². The van der Waals surface area contributed by atoms with Crippen LogP contribution in [0.1, 0.15) is 13.8 Å². The van der Waals surface area contributed by atoms with Crippen LogP contribution in [0, 0.1) is 0 Å². The molecular weight excluding hydrogens is 277 g/mol. The largest absolute Gasteiger partial charge is 0.482 e. The molecule has 6 heteroatoms. The molecule has 0 radical (unpaired) electrons. The van der Waals surface area contributed by atoms with Gasteiger partial charge in [0, 0.05) is 11.6 Å². The number of nitrogens with one attached hydrogen (secondary N) is 1. The van der Waals surface area contributed by atoms with Gasteiger partial charge < -0.3 is 15.2 Å². The van der Waals surface area contributed by atoms with Crippen LogP contribution in [0.3, 0.4) is 0 Å². The number of hydrogen-bond acceptors (Lipinski definition) is 3. The Kier molecular flexibility index (Phi) is 5.26. The highest BCUT2D eigenvalue weighted by atomic mass is 35.5. The number of carbonyl (C=O) groups excluding carboxylic acids is 1. The van der Waals surface area contributed by atoms with Gasteiger partial charge in [-0.15, -0.1) is 0 Å². The van der Waals surface area contributed by atoms with Crippen LogP contribution in [-0.4, -0.2) is 29.8 Å². The number of halogens is 2. The third-order valence-electron chi connectivity index (χ3n) is 1.97. The molecule has 1 aromatic rings. The maximum atomic E-state index is 11.4. The first-order valence-corrected chi connectivity index (χ1v) is 6.10. The van der Waals surface area contributed by atoms with Crippen LogP contribution in [0.25, 0.3) is 0 Å². The van der Waals surface area contributed by atoms with Crippen molar-refractivity contribution >= 4 is 29.1 Å². The molecule has 0 bridgehead atoms. The molecule has 0 aliphatic heterocycles. The van der Waals surface area contributed by atoms with E-state index < -0.39 is 5.60 Å². The molecule has 100 valence electrons. The molecule has 1 aromatic carbocycles. The van der Waals surface area contributed by atoms with Gasteiger partial charge >= 0.3 is 0 Å². The summed E-state index contributed by atoms with van der Waals surface area (Å²) in [5, 5.41) is 12.8. The second kappa shape index (κ2) is 6.27. The van der Waals surface area contributed by atoms with E-state index >= 15 is 0 Å². The predicted molar refractivity (Wildman–Crippen MR) is 71.3 cm³/mol. The van der Waals surface area contributed by atoms with E-state index in [2.05, 4.69) is 5.32 Å². The maximum absolute atomic E-state index is 11.4. The monoisotopic (exact) mass is 291 g/mol. The molecular formula is C12H15Cl2NO3. The van der Waals surface area contributed by atoms with Crippen molar-refractivity contribution < 1.29 is 14.6 Å². The molecule has 0 saturated carbocycles. The maximum Gasteiger partial charge on any atom is 0.258 e. The molecule has 0 aliphatic rings. The van der Waals surface area contributed by atoms with Crippen molar-refractivity contribution in [3.63, 3.8) is 0 Å². The smallest absolute Gasteiger partial charge is 0.258 e. The van der Waals surface area contributed by atoms with Gasteiger partial charge in [0.05, 0.1) is 10.6 Å². The zero-order valence-electron chi connectivity index (χ0n) is 10.2. The minimum atomic E-state index is -0.951. The van der Waals surface area contributed by atoms with Gasteiger partial charge in [0.2, 0.25) is 0 Å². The molecule has 0 fully saturated rings. The molecule has 2 N–H and O–H groups in total. The summed E-state index contributed by atoms with van der Waals surface area (Å²) < 4.78 is 5.23. The highest BCUT2D eigenvalue weighted by Gasteiger charge is 2.14. The minimum absolute atomic E-state index is 0.156. The van der Waals surface area contributed by atoms with Crippen molar-refractivity contribution in [2.45, 2.75) is 19.4 Å². The van der Waals surface area contributed by atoms with Crippen molar-refractivity contribution in [2.24, 2.45) is 0 Å². The summed E-state index contributed by atoms with van der Waals surface area (Å²) in [6, 6.07) is 4.75. The fraction of sp³-hybridized carbons (Fsp3) is 0.417. The molecule has 0 unspecified atom stereocenters. The molecule has 0 saturated heterocycles. The summed E-state index contributed by atoms with van der Waals surface area (Å²) in [7, 11) is 0. The lowest BCUT2D eigenvalue weighted by molar-refractivity contribution is -0.124. The Morgan fingerprint density at radius 1 is 1.44 bits per heavy atom. The number of aliphatic hydroxyl groups is 1. The second-order valence-electron chi connectivity index (χ2n) is 4.45. The van der Waals surface area contributed by atoms with Gasteiger partial charge in [-0.05, 0) is 32.0 Å². The van der Waals surface area contributed by atoms with E-state index in [-0.39, 0.29) is 19.1 Å². The Bertz CT molecular complexity index is 430. The van der Waals surface area contributed by atoms with E-state index in [1.165, 1.54) is 6.07 Å². The van der Waals surface area contributed by atoms with Crippen molar-refractivity contribution in [1.82, 2.24) is 5.32 Å². The van der Waals surface area contributed by atoms with Gasteiger partial charge in [-0.3, -0.25) is 4.79 Å². The van der Waals surface area contributed by atoms with E-state index in [4.69, 9.17) is 27.9 Å². The summed E-state index contributed by atoms with van der Waals surface area (Å²) in [6.45, 7) is 3.19. The van der Waals surface area contributed by atoms with Gasteiger partial charge in [-0.25, -0.2) is 0 Å². The molecule has 4 nitrogen and oxygen atoms in total. The van der Waals surface area contributed by atoms with Gasteiger partial charge in [0.25, 0.3) is 5.91 Å². The number of carbonyl (C=O) groups is 1. The third kappa shape index (κ3) is 5.58. The number of rotatable bonds is 5. The number of amides is 1. The number of ether oxygens (including phenoxy) is 1. The van der Waals surface area contributed by atoms with Crippen molar-refractivity contribution in [2.75, 3.05) is 13.2 Å². The zero-order chi connectivity index (χ0) is 13.8. The summed E-state index contributed by atoms with van der Waals surface area (Å²) >= 11 is 11.6. The molecule has 0 heterocycles. The Balaban J connectivity index is 2.43. The minimum Gasteiger partial charge on any atom is -0.482 e. The predicted octanol–water partition coefficient (Wildman–Crippen LogP) is 2.26. The quantitative estimate of drug-likeness (QED) is 0.875. The summed E-state index contributed by atoms with van der Waals surface area (Å²) in [5.41, 5.74) is -0.951. The lowest BCUT2D eigenvalue weighted by atomic mass is 10.1. The van der Waals surface area contributed by atoms with Crippen LogP contribution in [0.4, 0.5) is 0 Å². The lowest BCUT2D eigenvalue weighted by Gasteiger charge is -2.17. The standard InChI is InChI=1S/C12H15Cl2NO3/c1-12(2,17)7-15-11(16)6-18-10-4-3-8(13)5-9(10)14/h3-5,17H,6-7H2,1-2H3,(H,15,16). The second-order valence-corrected chi connectivity index (χ2v) is 5.30. The van der Waals surface area contributed by atoms with Gasteiger partial charge in [-0.1, -0.05) is 23.2 Å². The molecule has 18 heavy (non-hydrogen) atoms. The van der Waals surface area contributed by atoms with Crippen LogP contribution in [0.5, 0.6) is 5.75 Å². The number of benzene rings is 1. The van der Waals surface area contributed by atoms with Crippen LogP contribution < -0.4 is 10.1 Å². The Hall–Kier alpha value is -0.970. The topological polar surface area (TPSA) is 58.6 Å². The summed E-state index contributed by atoms with van der Waals surface area (Å²) in [6.07, 6.45) is 0. The van der Waals surface area contributed by atoms with Gasteiger partial charge in [0.15, 0.2) is 6.61 Å². The van der Waals surface area contributed by atoms with E-state index in [9.17, 15) is 9.90 Å². The van der Waals surface area contributed by atoms with Crippen LogP contribution >= 0.6 is 23.2 Å². The number of hydrogen-bond donors (Lipinski definition) is 2. The Labute approximate surface area is 116 Å².